The Bertz CT molecular complexity index is 663. The van der Waals surface area contributed by atoms with E-state index in [1.807, 2.05) is 30.3 Å². The molecule has 0 amide bonds. The second-order valence-corrected chi connectivity index (χ2v) is 5.69. The maximum Gasteiger partial charge on any atom is 0.143 e. The van der Waals surface area contributed by atoms with Gasteiger partial charge in [0, 0.05) is 5.69 Å². The Kier molecular flexibility index (Phi) is 3.76. The summed E-state index contributed by atoms with van der Waals surface area (Å²) in [4.78, 5) is 0. The van der Waals surface area contributed by atoms with Crippen LogP contribution in [0.15, 0.2) is 42.5 Å². The van der Waals surface area contributed by atoms with E-state index in [1.54, 1.807) is 12.1 Å². The highest BCUT2D eigenvalue weighted by Crippen LogP contribution is 2.32. The van der Waals surface area contributed by atoms with Crippen molar-refractivity contribution in [1.82, 2.24) is 0 Å². The van der Waals surface area contributed by atoms with Gasteiger partial charge < -0.3 is 5.32 Å². The van der Waals surface area contributed by atoms with Crippen LogP contribution >= 0.6 is 0 Å². The molecule has 1 N–H and O–H groups in total. The van der Waals surface area contributed by atoms with Crippen LogP contribution in [-0.2, 0) is 5.41 Å². The second-order valence-electron chi connectivity index (χ2n) is 5.69. The monoisotopic (exact) mass is 268 g/mol. The molecule has 0 radical (unpaired) electrons. The average Bonchev–Trinajstić information content (AvgIpc) is 2.38. The Labute approximate surface area is 118 Å². The molecule has 0 heterocycles. The van der Waals surface area contributed by atoms with Gasteiger partial charge in [-0.1, -0.05) is 45.0 Å². The molecule has 0 aliphatic carbocycles. The molecule has 2 aromatic rings. The van der Waals surface area contributed by atoms with Gasteiger partial charge in [0.2, 0.25) is 0 Å². The van der Waals surface area contributed by atoms with Crippen molar-refractivity contribution < 1.29 is 4.39 Å². The van der Waals surface area contributed by atoms with Gasteiger partial charge in [0.15, 0.2) is 0 Å². The van der Waals surface area contributed by atoms with Gasteiger partial charge in [-0.2, -0.15) is 5.26 Å². The van der Waals surface area contributed by atoms with Gasteiger partial charge in [-0.05, 0) is 29.2 Å². The number of rotatable bonds is 2. The van der Waals surface area contributed by atoms with Crippen molar-refractivity contribution in [3.05, 3.63) is 59.4 Å². The molecule has 0 aromatic heterocycles. The van der Waals surface area contributed by atoms with E-state index in [-0.39, 0.29) is 11.0 Å². The molecule has 0 saturated heterocycles. The van der Waals surface area contributed by atoms with E-state index >= 15 is 0 Å². The van der Waals surface area contributed by atoms with E-state index in [0.29, 0.717) is 5.69 Å². The minimum absolute atomic E-state index is 0.0380. The van der Waals surface area contributed by atoms with Gasteiger partial charge in [0.05, 0.1) is 5.69 Å². The highest BCUT2D eigenvalue weighted by molar-refractivity contribution is 5.69. The highest BCUT2D eigenvalue weighted by Gasteiger charge is 2.18. The van der Waals surface area contributed by atoms with E-state index in [1.165, 1.54) is 6.07 Å². The maximum absolute atomic E-state index is 13.6. The molecule has 102 valence electrons. The molecule has 2 aromatic carbocycles. The molecule has 0 spiro atoms. The zero-order valence-electron chi connectivity index (χ0n) is 11.9. The minimum Gasteiger partial charge on any atom is -0.354 e. The number of hydrogen-bond acceptors (Lipinski definition) is 2. The van der Waals surface area contributed by atoms with Crippen molar-refractivity contribution in [2.24, 2.45) is 0 Å². The molecule has 0 bridgehead atoms. The number of nitrogens with zero attached hydrogens (tertiary/aromatic N) is 1. The van der Waals surface area contributed by atoms with Crippen molar-refractivity contribution in [3.63, 3.8) is 0 Å². The SMILES string of the molecule is CC(C)(C)c1ccccc1Nc1cccc(F)c1C#N. The molecule has 0 fully saturated rings. The zero-order valence-corrected chi connectivity index (χ0v) is 11.9. The summed E-state index contributed by atoms with van der Waals surface area (Å²) in [5, 5.41) is 12.3. The van der Waals surface area contributed by atoms with Crippen molar-refractivity contribution in [2.45, 2.75) is 26.2 Å². The summed E-state index contributed by atoms with van der Waals surface area (Å²) in [7, 11) is 0. The molecule has 2 nitrogen and oxygen atoms in total. The largest absolute Gasteiger partial charge is 0.354 e. The number of halogens is 1. The lowest BCUT2D eigenvalue weighted by atomic mass is 9.85. The predicted octanol–water partition coefficient (Wildman–Crippen LogP) is 4.74. The van der Waals surface area contributed by atoms with Crippen LogP contribution in [0.1, 0.15) is 31.9 Å². The Morgan fingerprint density at radius 3 is 2.30 bits per heavy atom. The Morgan fingerprint density at radius 1 is 1.00 bits per heavy atom. The molecule has 0 unspecified atom stereocenters. The summed E-state index contributed by atoms with van der Waals surface area (Å²) < 4.78 is 13.6. The first-order chi connectivity index (χ1) is 9.43. The third-order valence-corrected chi connectivity index (χ3v) is 3.13. The lowest BCUT2D eigenvalue weighted by molar-refractivity contribution is 0.592. The number of nitriles is 1. The van der Waals surface area contributed by atoms with Gasteiger partial charge in [-0.15, -0.1) is 0 Å². The Hall–Kier alpha value is -2.34. The van der Waals surface area contributed by atoms with Crippen molar-refractivity contribution in [2.75, 3.05) is 5.32 Å². The smallest absolute Gasteiger partial charge is 0.143 e. The minimum atomic E-state index is -0.509. The normalized spacial score (nSPS) is 10.9. The first-order valence-corrected chi connectivity index (χ1v) is 6.48. The lowest BCUT2D eigenvalue weighted by Gasteiger charge is -2.23. The van der Waals surface area contributed by atoms with E-state index in [2.05, 4.69) is 26.1 Å². The highest BCUT2D eigenvalue weighted by atomic mass is 19.1. The molecule has 2 rings (SSSR count). The van der Waals surface area contributed by atoms with Crippen LogP contribution in [-0.4, -0.2) is 0 Å². The first kappa shape index (κ1) is 14.1. The first-order valence-electron chi connectivity index (χ1n) is 6.48. The molecule has 20 heavy (non-hydrogen) atoms. The quantitative estimate of drug-likeness (QED) is 0.854. The molecule has 0 aliphatic heterocycles. The van der Waals surface area contributed by atoms with Gasteiger partial charge >= 0.3 is 0 Å². The number of nitrogens with one attached hydrogen (secondary N) is 1. The standard InChI is InChI=1S/C17H17FN2/c1-17(2,3)13-7-4-5-9-16(13)20-15-10-6-8-14(18)12(15)11-19/h4-10,20H,1-3H3. The molecule has 0 aliphatic rings. The lowest BCUT2D eigenvalue weighted by Crippen LogP contribution is -2.13. The fraction of sp³-hybridized carbons (Fsp3) is 0.235. The van der Waals surface area contributed by atoms with Gasteiger partial charge in [-0.25, -0.2) is 4.39 Å². The predicted molar refractivity (Wildman–Crippen MR) is 79.5 cm³/mol. The van der Waals surface area contributed by atoms with Crippen LogP contribution in [0.4, 0.5) is 15.8 Å². The Balaban J connectivity index is 2.47. The van der Waals surface area contributed by atoms with E-state index < -0.39 is 5.82 Å². The van der Waals surface area contributed by atoms with E-state index in [4.69, 9.17) is 5.26 Å². The van der Waals surface area contributed by atoms with Crippen molar-refractivity contribution >= 4 is 11.4 Å². The fourth-order valence-electron chi connectivity index (χ4n) is 2.13. The van der Waals surface area contributed by atoms with Crippen LogP contribution < -0.4 is 5.32 Å². The summed E-state index contributed by atoms with van der Waals surface area (Å²) in [6.45, 7) is 6.35. The molecular formula is C17H17FN2. The van der Waals surface area contributed by atoms with E-state index in [0.717, 1.165) is 11.3 Å². The number of hydrogen-bond donors (Lipinski definition) is 1. The summed E-state index contributed by atoms with van der Waals surface area (Å²) in [5.74, 6) is -0.509. The summed E-state index contributed by atoms with van der Waals surface area (Å²) in [6.07, 6.45) is 0. The van der Waals surface area contributed by atoms with Crippen LogP contribution in [0.3, 0.4) is 0 Å². The van der Waals surface area contributed by atoms with Crippen LogP contribution in [0.2, 0.25) is 0 Å². The van der Waals surface area contributed by atoms with Crippen LogP contribution in [0.5, 0.6) is 0 Å². The molecule has 0 saturated carbocycles. The molecular weight excluding hydrogens is 251 g/mol. The van der Waals surface area contributed by atoms with Gasteiger partial charge in [0.25, 0.3) is 0 Å². The summed E-state index contributed by atoms with van der Waals surface area (Å²) >= 11 is 0. The molecule has 3 heteroatoms. The van der Waals surface area contributed by atoms with Gasteiger partial charge in [0.1, 0.15) is 17.4 Å². The zero-order chi connectivity index (χ0) is 14.8. The summed E-state index contributed by atoms with van der Waals surface area (Å²) in [6, 6.07) is 14.4. The van der Waals surface area contributed by atoms with E-state index in [9.17, 15) is 4.39 Å². The van der Waals surface area contributed by atoms with Crippen molar-refractivity contribution in [3.8, 4) is 6.07 Å². The number of anilines is 2. The average molecular weight is 268 g/mol. The third-order valence-electron chi connectivity index (χ3n) is 3.13. The summed E-state index contributed by atoms with van der Waals surface area (Å²) in [5.41, 5.74) is 2.50. The topological polar surface area (TPSA) is 35.8 Å². The fourth-order valence-corrected chi connectivity index (χ4v) is 2.13. The third kappa shape index (κ3) is 2.80. The number of benzene rings is 2. The second kappa shape index (κ2) is 5.34. The number of para-hydroxylation sites is 1. The van der Waals surface area contributed by atoms with Crippen molar-refractivity contribution in [1.29, 1.82) is 5.26 Å². The van der Waals surface area contributed by atoms with Crippen LogP contribution in [0.25, 0.3) is 0 Å². The Morgan fingerprint density at radius 2 is 1.65 bits per heavy atom. The maximum atomic E-state index is 13.6. The molecule has 0 atom stereocenters. The van der Waals surface area contributed by atoms with Gasteiger partial charge in [-0.3, -0.25) is 0 Å². The van der Waals surface area contributed by atoms with Crippen LogP contribution in [0, 0.1) is 17.1 Å².